The Balaban J connectivity index is 1.72. The quantitative estimate of drug-likeness (QED) is 0.573. The van der Waals surface area contributed by atoms with Crippen LogP contribution in [-0.4, -0.2) is 37.6 Å². The maximum absolute atomic E-state index is 10.6. The van der Waals surface area contributed by atoms with Gasteiger partial charge in [-0.3, -0.25) is 0 Å². The Morgan fingerprint density at radius 1 is 1.05 bits per heavy atom. The first-order valence-electron chi connectivity index (χ1n) is 8.36. The summed E-state index contributed by atoms with van der Waals surface area (Å²) >= 11 is 0. The van der Waals surface area contributed by atoms with Crippen LogP contribution in [0, 0.1) is 0 Å². The Labute approximate surface area is 133 Å². The molecular weight excluding hydrogens is 278 g/mol. The van der Waals surface area contributed by atoms with Gasteiger partial charge in [-0.25, -0.2) is 0 Å². The predicted octanol–water partition coefficient (Wildman–Crippen LogP) is 2.89. The average molecular weight is 307 g/mol. The van der Waals surface area contributed by atoms with E-state index in [1.54, 1.807) is 7.11 Å². The second-order valence-electron chi connectivity index (χ2n) is 6.23. The van der Waals surface area contributed by atoms with Gasteiger partial charge in [-0.2, -0.15) is 0 Å². The molecule has 2 rings (SSSR count). The van der Waals surface area contributed by atoms with Crippen LogP contribution in [-0.2, 0) is 11.3 Å². The first-order valence-corrected chi connectivity index (χ1v) is 8.36. The number of methoxy groups -OCH3 is 1. The lowest BCUT2D eigenvalue weighted by atomic mass is 9.94. The third-order valence-electron chi connectivity index (χ3n) is 4.30. The fourth-order valence-electron chi connectivity index (χ4n) is 2.95. The summed E-state index contributed by atoms with van der Waals surface area (Å²) in [5, 5.41) is 14.0. The van der Waals surface area contributed by atoms with Crippen LogP contribution in [0.2, 0.25) is 0 Å². The molecule has 2 N–H and O–H groups in total. The van der Waals surface area contributed by atoms with E-state index in [1.807, 2.05) is 12.1 Å². The van der Waals surface area contributed by atoms with E-state index in [1.165, 1.54) is 18.4 Å². The van der Waals surface area contributed by atoms with Crippen molar-refractivity contribution in [3.8, 4) is 5.75 Å². The summed E-state index contributed by atoms with van der Waals surface area (Å²) in [4.78, 5) is 0. The van der Waals surface area contributed by atoms with Crippen LogP contribution in [0.1, 0.15) is 44.1 Å². The van der Waals surface area contributed by atoms with Gasteiger partial charge in [0.05, 0.1) is 12.2 Å². The van der Waals surface area contributed by atoms with Gasteiger partial charge in [0.2, 0.25) is 0 Å². The van der Waals surface area contributed by atoms with Gasteiger partial charge < -0.3 is 19.9 Å². The maximum Gasteiger partial charge on any atom is 0.119 e. The molecule has 0 atom stereocenters. The Morgan fingerprint density at radius 3 is 2.36 bits per heavy atom. The van der Waals surface area contributed by atoms with E-state index >= 15 is 0 Å². The monoisotopic (exact) mass is 307 g/mol. The highest BCUT2D eigenvalue weighted by Gasteiger charge is 2.27. The molecule has 0 heterocycles. The molecule has 0 aromatic heterocycles. The predicted molar refractivity (Wildman–Crippen MR) is 88.2 cm³/mol. The average Bonchev–Trinajstić information content (AvgIpc) is 2.74. The molecule has 22 heavy (non-hydrogen) atoms. The third kappa shape index (κ3) is 5.95. The molecule has 0 bridgehead atoms. The van der Waals surface area contributed by atoms with Gasteiger partial charge in [0.25, 0.3) is 0 Å². The summed E-state index contributed by atoms with van der Waals surface area (Å²) in [5.74, 6) is 0.864. The molecule has 0 saturated heterocycles. The van der Waals surface area contributed by atoms with E-state index in [2.05, 4.69) is 17.4 Å². The fraction of sp³-hybridized carbons (Fsp3) is 0.667. The molecule has 1 saturated carbocycles. The van der Waals surface area contributed by atoms with E-state index < -0.39 is 5.60 Å². The van der Waals surface area contributed by atoms with Gasteiger partial charge in [0, 0.05) is 20.2 Å². The van der Waals surface area contributed by atoms with Crippen molar-refractivity contribution in [2.45, 2.75) is 50.7 Å². The summed E-state index contributed by atoms with van der Waals surface area (Å²) in [7, 11) is 1.67. The standard InChI is InChI=1S/C18H29NO3/c1-21-12-13-22-17-8-6-16(7-9-17)14-19-15-18(20)10-4-2-3-5-11-18/h6-9,19-20H,2-5,10-15H2,1H3. The van der Waals surface area contributed by atoms with Gasteiger partial charge in [-0.05, 0) is 30.5 Å². The van der Waals surface area contributed by atoms with Gasteiger partial charge >= 0.3 is 0 Å². The molecule has 4 nitrogen and oxygen atoms in total. The second kappa shape index (κ2) is 9.13. The van der Waals surface area contributed by atoms with Crippen molar-refractivity contribution in [3.63, 3.8) is 0 Å². The molecule has 1 aliphatic carbocycles. The zero-order valence-electron chi connectivity index (χ0n) is 13.6. The van der Waals surface area contributed by atoms with Gasteiger partial charge in [0.1, 0.15) is 12.4 Å². The highest BCUT2D eigenvalue weighted by molar-refractivity contribution is 5.27. The minimum Gasteiger partial charge on any atom is -0.491 e. The molecule has 0 unspecified atom stereocenters. The topological polar surface area (TPSA) is 50.7 Å². The maximum atomic E-state index is 10.6. The number of benzene rings is 1. The second-order valence-corrected chi connectivity index (χ2v) is 6.23. The van der Waals surface area contributed by atoms with E-state index in [-0.39, 0.29) is 0 Å². The molecular formula is C18H29NO3. The number of nitrogens with one attached hydrogen (secondary N) is 1. The Bertz CT molecular complexity index is 411. The molecule has 1 fully saturated rings. The Hall–Kier alpha value is -1.10. The number of aliphatic hydroxyl groups is 1. The number of hydrogen-bond donors (Lipinski definition) is 2. The lowest BCUT2D eigenvalue weighted by Crippen LogP contribution is -2.39. The smallest absolute Gasteiger partial charge is 0.119 e. The summed E-state index contributed by atoms with van der Waals surface area (Å²) in [6.07, 6.45) is 6.65. The van der Waals surface area contributed by atoms with Gasteiger partial charge in [-0.1, -0.05) is 37.8 Å². The van der Waals surface area contributed by atoms with Crippen molar-refractivity contribution < 1.29 is 14.6 Å². The van der Waals surface area contributed by atoms with E-state index in [4.69, 9.17) is 9.47 Å². The largest absolute Gasteiger partial charge is 0.491 e. The molecule has 0 radical (unpaired) electrons. The van der Waals surface area contributed by atoms with Crippen LogP contribution in [0.25, 0.3) is 0 Å². The number of ether oxygens (including phenoxy) is 2. The fourth-order valence-corrected chi connectivity index (χ4v) is 2.95. The zero-order chi connectivity index (χ0) is 15.7. The summed E-state index contributed by atoms with van der Waals surface area (Å²) in [6.45, 7) is 2.63. The van der Waals surface area contributed by atoms with Crippen molar-refractivity contribution in [1.82, 2.24) is 5.32 Å². The number of rotatable bonds is 8. The van der Waals surface area contributed by atoms with Crippen LogP contribution in [0.4, 0.5) is 0 Å². The SMILES string of the molecule is COCCOc1ccc(CNCC2(O)CCCCCC2)cc1. The van der Waals surface area contributed by atoms with Crippen LogP contribution in [0.3, 0.4) is 0 Å². The van der Waals surface area contributed by atoms with Crippen LogP contribution in [0.5, 0.6) is 5.75 Å². The van der Waals surface area contributed by atoms with E-state index in [0.29, 0.717) is 19.8 Å². The highest BCUT2D eigenvalue weighted by Crippen LogP contribution is 2.26. The minimum atomic E-state index is -0.514. The van der Waals surface area contributed by atoms with Crippen molar-refractivity contribution in [3.05, 3.63) is 29.8 Å². The zero-order valence-corrected chi connectivity index (χ0v) is 13.6. The van der Waals surface area contributed by atoms with Crippen molar-refractivity contribution >= 4 is 0 Å². The van der Waals surface area contributed by atoms with E-state index in [0.717, 1.165) is 38.0 Å². The normalized spacial score (nSPS) is 17.9. The lowest BCUT2D eigenvalue weighted by Gasteiger charge is -2.27. The van der Waals surface area contributed by atoms with Crippen molar-refractivity contribution in [1.29, 1.82) is 0 Å². The van der Waals surface area contributed by atoms with Gasteiger partial charge in [0.15, 0.2) is 0 Å². The molecule has 0 spiro atoms. The van der Waals surface area contributed by atoms with E-state index in [9.17, 15) is 5.11 Å². The molecule has 0 aliphatic heterocycles. The molecule has 1 aliphatic rings. The molecule has 124 valence electrons. The third-order valence-corrected chi connectivity index (χ3v) is 4.30. The first-order chi connectivity index (χ1) is 10.7. The van der Waals surface area contributed by atoms with Crippen molar-refractivity contribution in [2.24, 2.45) is 0 Å². The van der Waals surface area contributed by atoms with Crippen molar-refractivity contribution in [2.75, 3.05) is 26.9 Å². The molecule has 0 amide bonds. The summed E-state index contributed by atoms with van der Waals surface area (Å²) in [5.41, 5.74) is 0.691. The molecule has 1 aromatic rings. The lowest BCUT2D eigenvalue weighted by molar-refractivity contribution is 0.0250. The first kappa shape index (κ1) is 17.3. The Kier molecular flexibility index (Phi) is 7.16. The minimum absolute atomic E-state index is 0.514. The molecule has 1 aromatic carbocycles. The van der Waals surface area contributed by atoms with Gasteiger partial charge in [-0.15, -0.1) is 0 Å². The summed E-state index contributed by atoms with van der Waals surface area (Å²) in [6, 6.07) is 8.08. The Morgan fingerprint density at radius 2 is 1.73 bits per heavy atom. The molecule has 4 heteroatoms. The number of hydrogen-bond acceptors (Lipinski definition) is 4. The van der Waals surface area contributed by atoms with Crippen LogP contribution >= 0.6 is 0 Å². The van der Waals surface area contributed by atoms with Crippen LogP contribution < -0.4 is 10.1 Å². The van der Waals surface area contributed by atoms with Crippen LogP contribution in [0.15, 0.2) is 24.3 Å². The summed E-state index contributed by atoms with van der Waals surface area (Å²) < 4.78 is 10.5. The highest BCUT2D eigenvalue weighted by atomic mass is 16.5.